The van der Waals surface area contributed by atoms with E-state index in [4.69, 9.17) is 9.15 Å². The molecule has 2 heterocycles. The molecule has 2 atom stereocenters. The summed E-state index contributed by atoms with van der Waals surface area (Å²) in [5.74, 6) is 1.26. The number of hydrazine groups is 1. The molecule has 2 aromatic carbocycles. The number of benzene rings is 2. The minimum atomic E-state index is -0.323. The summed E-state index contributed by atoms with van der Waals surface area (Å²) in [6.45, 7) is 0.317. The molecule has 1 saturated heterocycles. The maximum atomic E-state index is 12.5. The average Bonchev–Trinajstić information content (AvgIpc) is 3.43. The van der Waals surface area contributed by atoms with Crippen molar-refractivity contribution in [2.24, 2.45) is 0 Å². The fraction of sp³-hybridized carbons (Fsp3) is 0.238. The summed E-state index contributed by atoms with van der Waals surface area (Å²) in [7, 11) is 1.64. The number of methoxy groups -OCH3 is 1. The zero-order valence-electron chi connectivity index (χ0n) is 15.5. The van der Waals surface area contributed by atoms with Crippen LogP contribution in [0.15, 0.2) is 65.3 Å². The van der Waals surface area contributed by atoms with Crippen LogP contribution in [0, 0.1) is 0 Å². The first-order valence-corrected chi connectivity index (χ1v) is 9.15. The lowest BCUT2D eigenvalue weighted by Gasteiger charge is -2.11. The van der Waals surface area contributed by atoms with Crippen LogP contribution >= 0.6 is 0 Å². The Hall–Kier alpha value is -3.16. The highest BCUT2D eigenvalue weighted by molar-refractivity contribution is 5.82. The minimum absolute atomic E-state index is 0.0441. The Bertz CT molecular complexity index is 942. The quantitative estimate of drug-likeness (QED) is 0.611. The molecule has 0 saturated carbocycles. The molecule has 0 bridgehead atoms. The van der Waals surface area contributed by atoms with Gasteiger partial charge in [-0.05, 0) is 36.2 Å². The molecule has 3 N–H and O–H groups in total. The molecule has 144 valence electrons. The highest BCUT2D eigenvalue weighted by atomic mass is 16.5. The standard InChI is InChI=1S/C21H22N4O3/c1-27-17-9-5-8-15(10-17)18-11-19(25-24-18)20(26)22-12-16-13-28-21(23-16)14-6-3-2-4-7-14/h2-10,13,18-19,24-25H,11-12H2,1H3,(H,22,26). The number of hydrogen-bond donors (Lipinski definition) is 3. The van der Waals surface area contributed by atoms with Crippen LogP contribution in [-0.2, 0) is 11.3 Å². The highest BCUT2D eigenvalue weighted by Crippen LogP contribution is 2.25. The van der Waals surface area contributed by atoms with Crippen molar-refractivity contribution in [3.63, 3.8) is 0 Å². The average molecular weight is 378 g/mol. The van der Waals surface area contributed by atoms with Crippen molar-refractivity contribution in [3.8, 4) is 17.2 Å². The Kier molecular flexibility index (Phi) is 5.36. The third kappa shape index (κ3) is 4.05. The van der Waals surface area contributed by atoms with Crippen LogP contribution in [-0.4, -0.2) is 24.0 Å². The normalized spacial score (nSPS) is 18.8. The summed E-state index contributed by atoms with van der Waals surface area (Å²) in [4.78, 5) is 16.9. The maximum absolute atomic E-state index is 12.5. The zero-order chi connectivity index (χ0) is 19.3. The van der Waals surface area contributed by atoms with E-state index in [0.717, 1.165) is 16.9 Å². The largest absolute Gasteiger partial charge is 0.497 e. The van der Waals surface area contributed by atoms with Gasteiger partial charge in [-0.3, -0.25) is 4.79 Å². The van der Waals surface area contributed by atoms with E-state index in [0.29, 0.717) is 24.6 Å². The van der Waals surface area contributed by atoms with E-state index in [1.807, 2.05) is 54.6 Å². The molecule has 4 rings (SSSR count). The maximum Gasteiger partial charge on any atom is 0.238 e. The summed E-state index contributed by atoms with van der Waals surface area (Å²) in [6.07, 6.45) is 2.22. The number of nitrogens with zero attached hydrogens (tertiary/aromatic N) is 1. The van der Waals surface area contributed by atoms with E-state index in [9.17, 15) is 4.79 Å². The Balaban J connectivity index is 1.32. The summed E-state index contributed by atoms with van der Waals surface area (Å²) in [6, 6.07) is 17.2. The van der Waals surface area contributed by atoms with E-state index in [1.165, 1.54) is 0 Å². The van der Waals surface area contributed by atoms with Crippen LogP contribution in [0.2, 0.25) is 0 Å². The highest BCUT2D eigenvalue weighted by Gasteiger charge is 2.30. The van der Waals surface area contributed by atoms with Gasteiger partial charge in [0.2, 0.25) is 11.8 Å². The van der Waals surface area contributed by atoms with Gasteiger partial charge in [0.05, 0.1) is 19.3 Å². The summed E-state index contributed by atoms with van der Waals surface area (Å²) in [5, 5.41) is 2.91. The predicted molar refractivity (Wildman–Crippen MR) is 104 cm³/mol. The summed E-state index contributed by atoms with van der Waals surface area (Å²) >= 11 is 0. The molecule has 1 aliphatic heterocycles. The first kappa shape index (κ1) is 18.2. The molecule has 7 heteroatoms. The number of carbonyl (C=O) groups is 1. The van der Waals surface area contributed by atoms with Crippen LogP contribution in [0.5, 0.6) is 5.75 Å². The molecular weight excluding hydrogens is 356 g/mol. The number of ether oxygens (including phenoxy) is 1. The summed E-state index contributed by atoms with van der Waals surface area (Å²) in [5.41, 5.74) is 8.90. The van der Waals surface area contributed by atoms with Crippen molar-refractivity contribution in [1.29, 1.82) is 0 Å². The number of rotatable bonds is 6. The molecule has 28 heavy (non-hydrogen) atoms. The first-order valence-electron chi connectivity index (χ1n) is 9.15. The molecule has 0 radical (unpaired) electrons. The van der Waals surface area contributed by atoms with Gasteiger partial charge in [0.1, 0.15) is 18.1 Å². The second-order valence-corrected chi connectivity index (χ2v) is 6.63. The molecule has 1 aliphatic rings. The van der Waals surface area contributed by atoms with Gasteiger partial charge in [0.15, 0.2) is 0 Å². The minimum Gasteiger partial charge on any atom is -0.497 e. The van der Waals surface area contributed by atoms with E-state index >= 15 is 0 Å². The number of amides is 1. The van der Waals surface area contributed by atoms with Crippen LogP contribution in [0.1, 0.15) is 23.7 Å². The SMILES string of the molecule is COc1cccc(C2CC(C(=O)NCc3coc(-c4ccccc4)n3)NN2)c1. The molecule has 1 fully saturated rings. The van der Waals surface area contributed by atoms with Gasteiger partial charge in [-0.1, -0.05) is 30.3 Å². The molecular formula is C21H22N4O3. The molecule has 1 amide bonds. The van der Waals surface area contributed by atoms with Crippen LogP contribution < -0.4 is 20.9 Å². The number of oxazole rings is 1. The van der Waals surface area contributed by atoms with Crippen molar-refractivity contribution < 1.29 is 13.9 Å². The molecule has 0 aliphatic carbocycles. The van der Waals surface area contributed by atoms with E-state index < -0.39 is 0 Å². The van der Waals surface area contributed by atoms with Crippen molar-refractivity contribution >= 4 is 5.91 Å². The molecule has 2 unspecified atom stereocenters. The third-order valence-electron chi connectivity index (χ3n) is 4.73. The Morgan fingerprint density at radius 1 is 1.21 bits per heavy atom. The number of carbonyl (C=O) groups excluding carboxylic acids is 1. The van der Waals surface area contributed by atoms with E-state index in [2.05, 4.69) is 21.2 Å². The first-order chi connectivity index (χ1) is 13.7. The van der Waals surface area contributed by atoms with Crippen molar-refractivity contribution in [2.45, 2.75) is 25.0 Å². The van der Waals surface area contributed by atoms with Gasteiger partial charge in [-0.25, -0.2) is 15.8 Å². The van der Waals surface area contributed by atoms with Crippen molar-refractivity contribution in [3.05, 3.63) is 72.1 Å². The second kappa shape index (κ2) is 8.24. The Morgan fingerprint density at radius 3 is 2.89 bits per heavy atom. The van der Waals surface area contributed by atoms with Crippen molar-refractivity contribution in [2.75, 3.05) is 7.11 Å². The fourth-order valence-corrected chi connectivity index (χ4v) is 3.21. The molecule has 3 aromatic rings. The Morgan fingerprint density at radius 2 is 2.07 bits per heavy atom. The monoisotopic (exact) mass is 378 g/mol. The van der Waals surface area contributed by atoms with Crippen LogP contribution in [0.3, 0.4) is 0 Å². The summed E-state index contributed by atoms with van der Waals surface area (Å²) < 4.78 is 10.8. The van der Waals surface area contributed by atoms with Gasteiger partial charge >= 0.3 is 0 Å². The second-order valence-electron chi connectivity index (χ2n) is 6.63. The van der Waals surface area contributed by atoms with Crippen LogP contribution in [0.25, 0.3) is 11.5 Å². The molecule has 0 spiro atoms. The predicted octanol–water partition coefficient (Wildman–Crippen LogP) is 2.57. The lowest BCUT2D eigenvalue weighted by atomic mass is 10.0. The van der Waals surface area contributed by atoms with Gasteiger partial charge in [0.25, 0.3) is 0 Å². The third-order valence-corrected chi connectivity index (χ3v) is 4.73. The Labute approximate surface area is 163 Å². The number of aromatic nitrogens is 1. The topological polar surface area (TPSA) is 88.4 Å². The molecule has 7 nitrogen and oxygen atoms in total. The lowest BCUT2D eigenvalue weighted by Crippen LogP contribution is -2.42. The van der Waals surface area contributed by atoms with E-state index in [-0.39, 0.29) is 18.0 Å². The van der Waals surface area contributed by atoms with Gasteiger partial charge < -0.3 is 14.5 Å². The number of nitrogens with one attached hydrogen (secondary N) is 3. The van der Waals surface area contributed by atoms with Crippen molar-refractivity contribution in [1.82, 2.24) is 21.2 Å². The smallest absolute Gasteiger partial charge is 0.238 e. The van der Waals surface area contributed by atoms with Gasteiger partial charge in [-0.2, -0.15) is 0 Å². The van der Waals surface area contributed by atoms with Crippen LogP contribution in [0.4, 0.5) is 0 Å². The fourth-order valence-electron chi connectivity index (χ4n) is 3.21. The molecule has 1 aromatic heterocycles. The number of hydrogen-bond acceptors (Lipinski definition) is 6. The zero-order valence-corrected chi connectivity index (χ0v) is 15.5. The van der Waals surface area contributed by atoms with Gasteiger partial charge in [-0.15, -0.1) is 0 Å². The van der Waals surface area contributed by atoms with Gasteiger partial charge in [0, 0.05) is 11.6 Å². The van der Waals surface area contributed by atoms with E-state index in [1.54, 1.807) is 13.4 Å². The lowest BCUT2D eigenvalue weighted by molar-refractivity contribution is -0.123.